The minimum atomic E-state index is -0.799. The summed E-state index contributed by atoms with van der Waals surface area (Å²) < 4.78 is 16.7. The van der Waals surface area contributed by atoms with Crippen molar-refractivity contribution < 1.29 is 28.6 Å². The van der Waals surface area contributed by atoms with Crippen LogP contribution in [0.25, 0.3) is 0 Å². The summed E-state index contributed by atoms with van der Waals surface area (Å²) in [4.78, 5) is 37.9. The first kappa shape index (κ1) is 61.1. The highest BCUT2D eigenvalue weighted by Crippen LogP contribution is 2.16. The largest absolute Gasteiger partial charge is 0.462 e. The molecular formula is C58H102O6. The maximum Gasteiger partial charge on any atom is 0.306 e. The maximum absolute atomic E-state index is 12.8. The van der Waals surface area contributed by atoms with Crippen LogP contribution in [-0.2, 0) is 28.6 Å². The molecule has 0 saturated carbocycles. The van der Waals surface area contributed by atoms with Crippen LogP contribution in [0.15, 0.2) is 60.8 Å². The van der Waals surface area contributed by atoms with Gasteiger partial charge in [0.15, 0.2) is 6.10 Å². The van der Waals surface area contributed by atoms with Crippen molar-refractivity contribution in [1.82, 2.24) is 0 Å². The monoisotopic (exact) mass is 895 g/mol. The molecule has 0 fully saturated rings. The summed E-state index contributed by atoms with van der Waals surface area (Å²) >= 11 is 0. The number of unbranched alkanes of at least 4 members (excludes halogenated alkanes) is 28. The molecule has 0 aliphatic rings. The molecule has 0 radical (unpaired) electrons. The van der Waals surface area contributed by atoms with E-state index >= 15 is 0 Å². The fourth-order valence-electron chi connectivity index (χ4n) is 7.71. The van der Waals surface area contributed by atoms with Crippen molar-refractivity contribution in [3.8, 4) is 0 Å². The Morgan fingerprint density at radius 3 is 0.938 bits per heavy atom. The molecule has 64 heavy (non-hydrogen) atoms. The van der Waals surface area contributed by atoms with Crippen LogP contribution < -0.4 is 0 Å². The lowest BCUT2D eigenvalue weighted by Gasteiger charge is -2.18. The SMILES string of the molecule is CC/C=C\C/C=C\C/C=C\C/C=C\C/C=C\CCCC(=O)OC(COC(=O)CCCCCCCCCCC)COC(=O)CCCCCCCCCCCCCCCCCCCCCC. The van der Waals surface area contributed by atoms with Crippen LogP contribution >= 0.6 is 0 Å². The molecule has 0 rings (SSSR count). The number of carbonyl (C=O) groups is 3. The van der Waals surface area contributed by atoms with Gasteiger partial charge in [-0.3, -0.25) is 14.4 Å². The molecule has 370 valence electrons. The average molecular weight is 895 g/mol. The van der Waals surface area contributed by atoms with Gasteiger partial charge >= 0.3 is 17.9 Å². The number of allylic oxidation sites excluding steroid dienone is 10. The lowest BCUT2D eigenvalue weighted by atomic mass is 10.0. The number of hydrogen-bond acceptors (Lipinski definition) is 6. The molecule has 6 heteroatoms. The van der Waals surface area contributed by atoms with E-state index < -0.39 is 6.10 Å². The zero-order valence-corrected chi connectivity index (χ0v) is 42.3. The van der Waals surface area contributed by atoms with E-state index in [4.69, 9.17) is 14.2 Å². The van der Waals surface area contributed by atoms with Crippen LogP contribution in [0.4, 0.5) is 0 Å². The van der Waals surface area contributed by atoms with Gasteiger partial charge in [0.05, 0.1) is 0 Å². The average Bonchev–Trinajstić information content (AvgIpc) is 3.29. The van der Waals surface area contributed by atoms with Gasteiger partial charge in [0, 0.05) is 19.3 Å². The Hall–Kier alpha value is -2.89. The number of rotatable bonds is 49. The highest BCUT2D eigenvalue weighted by Gasteiger charge is 2.19. The molecule has 0 heterocycles. The minimum absolute atomic E-state index is 0.0934. The zero-order valence-electron chi connectivity index (χ0n) is 42.3. The molecule has 0 aromatic carbocycles. The molecule has 6 nitrogen and oxygen atoms in total. The number of esters is 3. The standard InChI is InChI=1S/C58H102O6/c1-4-7-10-13-16-19-21-23-25-27-28-29-31-32-34-36-39-42-45-48-51-57(60)63-54-55(53-62-56(59)50-47-44-41-38-18-15-12-9-6-3)64-58(61)52-49-46-43-40-37-35-33-30-26-24-22-20-17-14-11-8-5-2/h8,11,17,20,24,26,33,35,40,43,55H,4-7,9-10,12-16,18-19,21-23,25,27-32,34,36-39,41-42,44-54H2,1-3H3/b11-8-,20-17-,26-24-,35-33-,43-40-. The zero-order chi connectivity index (χ0) is 46.5. The van der Waals surface area contributed by atoms with E-state index in [1.54, 1.807) is 0 Å². The van der Waals surface area contributed by atoms with Crippen LogP contribution in [0, 0.1) is 0 Å². The lowest BCUT2D eigenvalue weighted by Crippen LogP contribution is -2.30. The number of ether oxygens (including phenoxy) is 3. The van der Waals surface area contributed by atoms with Crippen LogP contribution in [0.2, 0.25) is 0 Å². The van der Waals surface area contributed by atoms with Crippen LogP contribution in [-0.4, -0.2) is 37.2 Å². The van der Waals surface area contributed by atoms with Gasteiger partial charge < -0.3 is 14.2 Å². The third-order valence-electron chi connectivity index (χ3n) is 11.8. The summed E-state index contributed by atoms with van der Waals surface area (Å²) in [7, 11) is 0. The van der Waals surface area contributed by atoms with Gasteiger partial charge in [0.2, 0.25) is 0 Å². The van der Waals surface area contributed by atoms with Crippen molar-refractivity contribution in [2.75, 3.05) is 13.2 Å². The van der Waals surface area contributed by atoms with Crippen molar-refractivity contribution in [3.63, 3.8) is 0 Å². The van der Waals surface area contributed by atoms with Crippen molar-refractivity contribution in [2.24, 2.45) is 0 Å². The molecule has 0 N–H and O–H groups in total. The summed E-state index contributed by atoms with van der Waals surface area (Å²) in [6.45, 7) is 6.48. The first-order valence-corrected chi connectivity index (χ1v) is 27.3. The smallest absolute Gasteiger partial charge is 0.306 e. The molecule has 0 amide bonds. The lowest BCUT2D eigenvalue weighted by molar-refractivity contribution is -0.167. The van der Waals surface area contributed by atoms with Crippen LogP contribution in [0.3, 0.4) is 0 Å². The van der Waals surface area contributed by atoms with E-state index in [0.717, 1.165) is 77.0 Å². The first-order valence-electron chi connectivity index (χ1n) is 27.3. The predicted octanol–water partition coefficient (Wildman–Crippen LogP) is 18.0. The summed E-state index contributed by atoms with van der Waals surface area (Å²) in [6.07, 6.45) is 65.1. The van der Waals surface area contributed by atoms with Gasteiger partial charge in [-0.25, -0.2) is 0 Å². The van der Waals surface area contributed by atoms with Gasteiger partial charge in [-0.15, -0.1) is 0 Å². The molecule has 1 atom stereocenters. The fourth-order valence-corrected chi connectivity index (χ4v) is 7.71. The summed E-state index contributed by atoms with van der Waals surface area (Å²) in [5, 5.41) is 0. The van der Waals surface area contributed by atoms with E-state index in [1.807, 2.05) is 0 Å². The Balaban J connectivity index is 4.33. The normalized spacial score (nSPS) is 12.5. The van der Waals surface area contributed by atoms with E-state index in [9.17, 15) is 14.4 Å². The van der Waals surface area contributed by atoms with Crippen LogP contribution in [0.5, 0.6) is 0 Å². The van der Waals surface area contributed by atoms with E-state index in [-0.39, 0.29) is 37.5 Å². The Bertz CT molecular complexity index is 1170. The second-order valence-electron chi connectivity index (χ2n) is 18.1. The second kappa shape index (κ2) is 52.7. The Morgan fingerprint density at radius 1 is 0.328 bits per heavy atom. The molecule has 0 bridgehead atoms. The third-order valence-corrected chi connectivity index (χ3v) is 11.8. The summed E-state index contributed by atoms with van der Waals surface area (Å²) in [6, 6.07) is 0. The second-order valence-corrected chi connectivity index (χ2v) is 18.1. The molecule has 0 spiro atoms. The molecule has 0 aromatic rings. The Kier molecular flexibility index (Phi) is 50.4. The quantitative estimate of drug-likeness (QED) is 0.0262. The minimum Gasteiger partial charge on any atom is -0.462 e. The molecular weight excluding hydrogens is 793 g/mol. The Labute approximate surface area is 396 Å². The highest BCUT2D eigenvalue weighted by atomic mass is 16.6. The summed E-state index contributed by atoms with van der Waals surface area (Å²) in [5.74, 6) is -0.946. The fraction of sp³-hybridized carbons (Fsp3) is 0.776. The van der Waals surface area contributed by atoms with E-state index in [2.05, 4.69) is 81.5 Å². The molecule has 0 aromatic heterocycles. The van der Waals surface area contributed by atoms with E-state index in [0.29, 0.717) is 19.3 Å². The molecule has 0 saturated heterocycles. The predicted molar refractivity (Wildman–Crippen MR) is 275 cm³/mol. The van der Waals surface area contributed by atoms with Crippen LogP contribution in [0.1, 0.15) is 271 Å². The highest BCUT2D eigenvalue weighted by molar-refractivity contribution is 5.71. The molecule has 0 aliphatic carbocycles. The van der Waals surface area contributed by atoms with Crippen molar-refractivity contribution >= 4 is 17.9 Å². The third kappa shape index (κ3) is 50.1. The van der Waals surface area contributed by atoms with E-state index in [1.165, 1.54) is 148 Å². The van der Waals surface area contributed by atoms with Gasteiger partial charge in [0.1, 0.15) is 13.2 Å². The van der Waals surface area contributed by atoms with Gasteiger partial charge in [-0.2, -0.15) is 0 Å². The molecule has 0 aliphatic heterocycles. The van der Waals surface area contributed by atoms with Crippen molar-refractivity contribution in [3.05, 3.63) is 60.8 Å². The van der Waals surface area contributed by atoms with Crippen molar-refractivity contribution in [1.29, 1.82) is 0 Å². The van der Waals surface area contributed by atoms with Gasteiger partial charge in [-0.05, 0) is 57.8 Å². The summed E-state index contributed by atoms with van der Waals surface area (Å²) in [5.41, 5.74) is 0. The first-order chi connectivity index (χ1) is 31.5. The number of carbonyl (C=O) groups excluding carboxylic acids is 3. The Morgan fingerprint density at radius 2 is 0.609 bits per heavy atom. The molecule has 1 unspecified atom stereocenters. The topological polar surface area (TPSA) is 78.9 Å². The van der Waals surface area contributed by atoms with Crippen molar-refractivity contribution in [2.45, 2.75) is 277 Å². The number of hydrogen-bond donors (Lipinski definition) is 0. The van der Waals surface area contributed by atoms with Gasteiger partial charge in [0.25, 0.3) is 0 Å². The van der Waals surface area contributed by atoms with Gasteiger partial charge in [-0.1, -0.05) is 255 Å². The maximum atomic E-state index is 12.8.